The number of ether oxygens (including phenoxy) is 2. The minimum Gasteiger partial charge on any atom is -0.495 e. The molecule has 0 aromatic heterocycles. The van der Waals surface area contributed by atoms with Crippen molar-refractivity contribution in [1.82, 2.24) is 0 Å². The number of hydrogen-bond acceptors (Lipinski definition) is 5. The first kappa shape index (κ1) is 11.3. The zero-order valence-corrected chi connectivity index (χ0v) is 8.56. The number of aliphatic hydroxyl groups excluding tert-OH is 1. The summed E-state index contributed by atoms with van der Waals surface area (Å²) in [6, 6.07) is 4.61. The Hall–Kier alpha value is -1.75. The molecule has 0 aliphatic rings. The van der Waals surface area contributed by atoms with E-state index >= 15 is 0 Å². The van der Waals surface area contributed by atoms with Crippen molar-refractivity contribution in [2.45, 2.75) is 6.10 Å². The Morgan fingerprint density at radius 2 is 2.13 bits per heavy atom. The van der Waals surface area contributed by atoms with E-state index in [1.54, 1.807) is 12.1 Å². The molecule has 0 radical (unpaired) electrons. The summed E-state index contributed by atoms with van der Waals surface area (Å²) in [5, 5.41) is 9.51. The first-order chi connectivity index (χ1) is 7.10. The average molecular weight is 211 g/mol. The van der Waals surface area contributed by atoms with Gasteiger partial charge in [-0.25, -0.2) is 4.79 Å². The highest BCUT2D eigenvalue weighted by molar-refractivity contribution is 5.76. The number of benzene rings is 1. The SMILES string of the molecule is COC(=O)[C@@H](O)c1ccc(OC)c(N)c1. The van der Waals surface area contributed by atoms with E-state index < -0.39 is 12.1 Å². The quantitative estimate of drug-likeness (QED) is 0.561. The van der Waals surface area contributed by atoms with Gasteiger partial charge in [0.25, 0.3) is 0 Å². The molecule has 15 heavy (non-hydrogen) atoms. The molecule has 1 atom stereocenters. The molecule has 5 nitrogen and oxygen atoms in total. The fourth-order valence-corrected chi connectivity index (χ4v) is 1.17. The second kappa shape index (κ2) is 4.65. The van der Waals surface area contributed by atoms with Gasteiger partial charge in [-0.3, -0.25) is 0 Å². The lowest BCUT2D eigenvalue weighted by Crippen LogP contribution is -2.13. The molecule has 0 unspecified atom stereocenters. The summed E-state index contributed by atoms with van der Waals surface area (Å²) in [5.74, 6) is -0.226. The number of aliphatic hydroxyl groups is 1. The number of anilines is 1. The van der Waals surface area contributed by atoms with E-state index in [0.717, 1.165) is 0 Å². The smallest absolute Gasteiger partial charge is 0.339 e. The van der Waals surface area contributed by atoms with Crippen LogP contribution in [0.2, 0.25) is 0 Å². The molecule has 0 heterocycles. The molecule has 5 heteroatoms. The Labute approximate surface area is 87.4 Å². The summed E-state index contributed by atoms with van der Waals surface area (Å²) in [5.41, 5.74) is 6.36. The Bertz CT molecular complexity index is 364. The molecule has 1 aromatic rings. The van der Waals surface area contributed by atoms with Crippen molar-refractivity contribution in [3.8, 4) is 5.75 Å². The van der Waals surface area contributed by atoms with Gasteiger partial charge in [0.2, 0.25) is 0 Å². The summed E-state index contributed by atoms with van der Waals surface area (Å²) >= 11 is 0. The van der Waals surface area contributed by atoms with E-state index in [4.69, 9.17) is 10.5 Å². The largest absolute Gasteiger partial charge is 0.495 e. The molecule has 0 aliphatic heterocycles. The predicted molar refractivity (Wildman–Crippen MR) is 54.4 cm³/mol. The van der Waals surface area contributed by atoms with Crippen LogP contribution >= 0.6 is 0 Å². The number of nitrogens with two attached hydrogens (primary N) is 1. The topological polar surface area (TPSA) is 81.8 Å². The van der Waals surface area contributed by atoms with Gasteiger partial charge in [-0.2, -0.15) is 0 Å². The van der Waals surface area contributed by atoms with E-state index in [1.807, 2.05) is 0 Å². The molecule has 0 fully saturated rings. The first-order valence-electron chi connectivity index (χ1n) is 4.29. The van der Waals surface area contributed by atoms with Crippen LogP contribution in [0.4, 0.5) is 5.69 Å². The zero-order valence-electron chi connectivity index (χ0n) is 8.56. The Balaban J connectivity index is 2.97. The predicted octanol–water partition coefficient (Wildman–Crippen LogP) is 0.484. The van der Waals surface area contributed by atoms with Crippen LogP contribution in [0.3, 0.4) is 0 Å². The highest BCUT2D eigenvalue weighted by Crippen LogP contribution is 2.25. The van der Waals surface area contributed by atoms with Crippen molar-refractivity contribution in [2.75, 3.05) is 20.0 Å². The van der Waals surface area contributed by atoms with Gasteiger partial charge in [0.1, 0.15) is 5.75 Å². The second-order valence-corrected chi connectivity index (χ2v) is 2.93. The molecule has 82 valence electrons. The fourth-order valence-electron chi connectivity index (χ4n) is 1.17. The number of hydrogen-bond donors (Lipinski definition) is 2. The molecule has 3 N–H and O–H groups in total. The standard InChI is InChI=1S/C10H13NO4/c1-14-8-4-3-6(5-7(8)11)9(12)10(13)15-2/h3-5,9,12H,11H2,1-2H3/t9-/m0/s1. The maximum atomic E-state index is 11.0. The van der Waals surface area contributed by atoms with Crippen LogP contribution in [0, 0.1) is 0 Å². The van der Waals surface area contributed by atoms with Crippen molar-refractivity contribution < 1.29 is 19.4 Å². The van der Waals surface area contributed by atoms with Crippen molar-refractivity contribution in [3.63, 3.8) is 0 Å². The highest BCUT2D eigenvalue weighted by atomic mass is 16.5. The lowest BCUT2D eigenvalue weighted by Gasteiger charge is -2.10. The van der Waals surface area contributed by atoms with E-state index in [9.17, 15) is 9.90 Å². The minimum absolute atomic E-state index is 0.359. The van der Waals surface area contributed by atoms with Crippen LogP contribution in [-0.4, -0.2) is 25.3 Å². The van der Waals surface area contributed by atoms with Crippen LogP contribution in [0.15, 0.2) is 18.2 Å². The third-order valence-electron chi connectivity index (χ3n) is 1.99. The Morgan fingerprint density at radius 1 is 1.47 bits per heavy atom. The molecule has 0 spiro atoms. The van der Waals surface area contributed by atoms with E-state index in [2.05, 4.69) is 4.74 Å². The third kappa shape index (κ3) is 2.38. The number of carbonyl (C=O) groups excluding carboxylic acids is 1. The highest BCUT2D eigenvalue weighted by Gasteiger charge is 2.18. The summed E-state index contributed by atoms with van der Waals surface area (Å²) in [6.07, 6.45) is -1.32. The molecular formula is C10H13NO4. The maximum absolute atomic E-state index is 11.0. The van der Waals surface area contributed by atoms with Gasteiger partial charge in [-0.1, -0.05) is 6.07 Å². The second-order valence-electron chi connectivity index (χ2n) is 2.93. The summed E-state index contributed by atoms with van der Waals surface area (Å²) in [4.78, 5) is 11.0. The van der Waals surface area contributed by atoms with Gasteiger partial charge in [-0.05, 0) is 17.7 Å². The minimum atomic E-state index is -1.32. The fraction of sp³-hybridized carbons (Fsp3) is 0.300. The normalized spacial score (nSPS) is 11.9. The molecule has 0 aliphatic carbocycles. The number of carbonyl (C=O) groups is 1. The van der Waals surface area contributed by atoms with Gasteiger partial charge in [0.05, 0.1) is 19.9 Å². The van der Waals surface area contributed by atoms with Crippen molar-refractivity contribution in [1.29, 1.82) is 0 Å². The average Bonchev–Trinajstić information content (AvgIpc) is 2.26. The van der Waals surface area contributed by atoms with Crippen molar-refractivity contribution in [2.24, 2.45) is 0 Å². The van der Waals surface area contributed by atoms with Crippen LogP contribution in [0.5, 0.6) is 5.75 Å². The van der Waals surface area contributed by atoms with Crippen LogP contribution in [-0.2, 0) is 9.53 Å². The summed E-state index contributed by atoms with van der Waals surface area (Å²) in [6.45, 7) is 0. The van der Waals surface area contributed by atoms with Gasteiger partial charge in [0.15, 0.2) is 6.10 Å². The van der Waals surface area contributed by atoms with Gasteiger partial charge in [0, 0.05) is 0 Å². The van der Waals surface area contributed by atoms with Crippen molar-refractivity contribution >= 4 is 11.7 Å². The third-order valence-corrected chi connectivity index (χ3v) is 1.99. The van der Waals surface area contributed by atoms with Gasteiger partial charge < -0.3 is 20.3 Å². The summed E-state index contributed by atoms with van der Waals surface area (Å²) < 4.78 is 9.35. The zero-order chi connectivity index (χ0) is 11.4. The number of methoxy groups -OCH3 is 2. The monoisotopic (exact) mass is 211 g/mol. The number of rotatable bonds is 3. The van der Waals surface area contributed by atoms with E-state index in [-0.39, 0.29) is 0 Å². The lowest BCUT2D eigenvalue weighted by molar-refractivity contribution is -0.150. The molecule has 0 saturated carbocycles. The molecule has 0 saturated heterocycles. The van der Waals surface area contributed by atoms with Crippen molar-refractivity contribution in [3.05, 3.63) is 23.8 Å². The van der Waals surface area contributed by atoms with E-state index in [0.29, 0.717) is 17.0 Å². The van der Waals surface area contributed by atoms with Crippen LogP contribution in [0.1, 0.15) is 11.7 Å². The Kier molecular flexibility index (Phi) is 3.51. The maximum Gasteiger partial charge on any atom is 0.339 e. The molecule has 1 rings (SSSR count). The molecule has 0 bridgehead atoms. The number of nitrogen functional groups attached to an aromatic ring is 1. The summed E-state index contributed by atoms with van der Waals surface area (Å²) in [7, 11) is 2.69. The lowest BCUT2D eigenvalue weighted by atomic mass is 10.1. The number of esters is 1. The van der Waals surface area contributed by atoms with Crippen LogP contribution in [0.25, 0.3) is 0 Å². The first-order valence-corrected chi connectivity index (χ1v) is 4.29. The van der Waals surface area contributed by atoms with Gasteiger partial charge in [-0.15, -0.1) is 0 Å². The van der Waals surface area contributed by atoms with Gasteiger partial charge >= 0.3 is 5.97 Å². The molecule has 1 aromatic carbocycles. The van der Waals surface area contributed by atoms with E-state index in [1.165, 1.54) is 20.3 Å². The van der Waals surface area contributed by atoms with Crippen LogP contribution < -0.4 is 10.5 Å². The molecule has 0 amide bonds. The molecular weight excluding hydrogens is 198 g/mol. The Morgan fingerprint density at radius 3 is 2.60 bits per heavy atom.